The number of hydrogen-bond acceptors (Lipinski definition) is 3. The van der Waals surface area contributed by atoms with Gasteiger partial charge in [-0.15, -0.1) is 0 Å². The Kier molecular flexibility index (Phi) is 7.72. The van der Waals surface area contributed by atoms with Crippen LogP contribution in [0.1, 0.15) is 31.7 Å². The number of aliphatic hydroxyl groups excluding tert-OH is 2. The maximum Gasteiger partial charge on any atom is 0.0566 e. The number of aryl methyl sites for hydroxylation is 1. The summed E-state index contributed by atoms with van der Waals surface area (Å²) < 4.78 is 5.59. The van der Waals surface area contributed by atoms with Gasteiger partial charge in [0.05, 0.1) is 19.8 Å². The molecule has 0 fully saturated rings. The normalized spacial score (nSPS) is 11.7. The van der Waals surface area contributed by atoms with Crippen molar-refractivity contribution in [1.29, 1.82) is 0 Å². The lowest BCUT2D eigenvalue weighted by Gasteiger charge is -2.27. The monoisotopic (exact) mass is 266 g/mol. The van der Waals surface area contributed by atoms with Crippen LogP contribution < -0.4 is 0 Å². The van der Waals surface area contributed by atoms with Crippen molar-refractivity contribution in [2.45, 2.75) is 32.6 Å². The molecule has 0 aromatic heterocycles. The van der Waals surface area contributed by atoms with Gasteiger partial charge in [-0.2, -0.15) is 0 Å². The van der Waals surface area contributed by atoms with E-state index in [-0.39, 0.29) is 13.2 Å². The average molecular weight is 266 g/mol. The third-order valence-corrected chi connectivity index (χ3v) is 3.68. The lowest BCUT2D eigenvalue weighted by molar-refractivity contribution is -0.0305. The fourth-order valence-corrected chi connectivity index (χ4v) is 1.93. The molecule has 0 atom stereocenters. The second-order valence-electron chi connectivity index (χ2n) is 5.17. The molecule has 0 aliphatic carbocycles. The SMILES string of the molecule is CCC(CO)(CO)COCCCCc1ccccc1. The Balaban J connectivity index is 2.11. The molecule has 2 N–H and O–H groups in total. The van der Waals surface area contributed by atoms with E-state index in [2.05, 4.69) is 24.3 Å². The van der Waals surface area contributed by atoms with Crippen molar-refractivity contribution < 1.29 is 14.9 Å². The molecule has 0 radical (unpaired) electrons. The van der Waals surface area contributed by atoms with Gasteiger partial charge in [-0.05, 0) is 31.2 Å². The molecule has 1 aromatic carbocycles. The second kappa shape index (κ2) is 9.08. The summed E-state index contributed by atoms with van der Waals surface area (Å²) in [6.45, 7) is 3.04. The highest BCUT2D eigenvalue weighted by molar-refractivity contribution is 5.14. The van der Waals surface area contributed by atoms with E-state index in [1.54, 1.807) is 0 Å². The van der Waals surface area contributed by atoms with Crippen LogP contribution in [0.5, 0.6) is 0 Å². The van der Waals surface area contributed by atoms with Gasteiger partial charge >= 0.3 is 0 Å². The van der Waals surface area contributed by atoms with Crippen molar-refractivity contribution in [1.82, 2.24) is 0 Å². The first kappa shape index (κ1) is 16.2. The highest BCUT2D eigenvalue weighted by Gasteiger charge is 2.26. The molecule has 3 heteroatoms. The second-order valence-corrected chi connectivity index (χ2v) is 5.17. The molecule has 0 saturated carbocycles. The van der Waals surface area contributed by atoms with Gasteiger partial charge in [0.15, 0.2) is 0 Å². The smallest absolute Gasteiger partial charge is 0.0566 e. The molecule has 0 saturated heterocycles. The molecular weight excluding hydrogens is 240 g/mol. The largest absolute Gasteiger partial charge is 0.396 e. The minimum Gasteiger partial charge on any atom is -0.396 e. The summed E-state index contributed by atoms with van der Waals surface area (Å²) in [7, 11) is 0. The van der Waals surface area contributed by atoms with Crippen LogP contribution in [0.3, 0.4) is 0 Å². The van der Waals surface area contributed by atoms with E-state index in [1.807, 2.05) is 13.0 Å². The summed E-state index contributed by atoms with van der Waals surface area (Å²) in [4.78, 5) is 0. The number of benzene rings is 1. The van der Waals surface area contributed by atoms with Crippen LogP contribution in [0.15, 0.2) is 30.3 Å². The van der Waals surface area contributed by atoms with E-state index in [9.17, 15) is 10.2 Å². The van der Waals surface area contributed by atoms with Crippen molar-refractivity contribution in [3.05, 3.63) is 35.9 Å². The zero-order valence-electron chi connectivity index (χ0n) is 11.8. The Morgan fingerprint density at radius 2 is 1.74 bits per heavy atom. The van der Waals surface area contributed by atoms with E-state index in [0.29, 0.717) is 13.2 Å². The first-order valence-electron chi connectivity index (χ1n) is 7.10. The number of aliphatic hydroxyl groups is 2. The zero-order valence-corrected chi connectivity index (χ0v) is 11.8. The molecule has 1 aromatic rings. The van der Waals surface area contributed by atoms with Crippen molar-refractivity contribution in [3.63, 3.8) is 0 Å². The highest BCUT2D eigenvalue weighted by atomic mass is 16.5. The van der Waals surface area contributed by atoms with E-state index in [1.165, 1.54) is 5.56 Å². The van der Waals surface area contributed by atoms with Crippen molar-refractivity contribution in [3.8, 4) is 0 Å². The highest BCUT2D eigenvalue weighted by Crippen LogP contribution is 2.20. The quantitative estimate of drug-likeness (QED) is 0.639. The summed E-state index contributed by atoms with van der Waals surface area (Å²) in [6.07, 6.45) is 3.90. The molecule has 3 nitrogen and oxygen atoms in total. The minimum absolute atomic E-state index is 0.0238. The fraction of sp³-hybridized carbons (Fsp3) is 0.625. The Morgan fingerprint density at radius 1 is 1.05 bits per heavy atom. The molecule has 0 spiro atoms. The molecule has 0 aliphatic heterocycles. The van der Waals surface area contributed by atoms with Gasteiger partial charge in [-0.1, -0.05) is 37.3 Å². The van der Waals surface area contributed by atoms with Crippen LogP contribution in [0.4, 0.5) is 0 Å². The van der Waals surface area contributed by atoms with Gasteiger partial charge in [-0.25, -0.2) is 0 Å². The van der Waals surface area contributed by atoms with Gasteiger partial charge in [0, 0.05) is 12.0 Å². The van der Waals surface area contributed by atoms with Gasteiger partial charge < -0.3 is 14.9 Å². The van der Waals surface area contributed by atoms with Crippen LogP contribution in [-0.4, -0.2) is 36.6 Å². The van der Waals surface area contributed by atoms with Crippen molar-refractivity contribution >= 4 is 0 Å². The molecule has 0 amide bonds. The van der Waals surface area contributed by atoms with Crippen molar-refractivity contribution in [2.24, 2.45) is 5.41 Å². The summed E-state index contributed by atoms with van der Waals surface area (Å²) in [5, 5.41) is 18.6. The predicted molar refractivity (Wildman–Crippen MR) is 77.1 cm³/mol. The van der Waals surface area contributed by atoms with Crippen LogP contribution in [0.2, 0.25) is 0 Å². The molecule has 1 rings (SSSR count). The summed E-state index contributed by atoms with van der Waals surface area (Å²) >= 11 is 0. The van der Waals surface area contributed by atoms with Crippen molar-refractivity contribution in [2.75, 3.05) is 26.4 Å². The molecular formula is C16H26O3. The summed E-state index contributed by atoms with van der Waals surface area (Å²) in [6, 6.07) is 10.4. The topological polar surface area (TPSA) is 49.7 Å². The van der Waals surface area contributed by atoms with Gasteiger partial charge in [0.2, 0.25) is 0 Å². The van der Waals surface area contributed by atoms with E-state index in [0.717, 1.165) is 25.7 Å². The average Bonchev–Trinajstić information content (AvgIpc) is 2.48. The molecule has 0 bridgehead atoms. The predicted octanol–water partition coefficient (Wildman–Crippen LogP) is 2.41. The van der Waals surface area contributed by atoms with Gasteiger partial charge in [-0.3, -0.25) is 0 Å². The molecule has 0 heterocycles. The molecule has 0 aliphatic rings. The number of ether oxygens (including phenoxy) is 1. The minimum atomic E-state index is -0.473. The van der Waals surface area contributed by atoms with Gasteiger partial charge in [0.25, 0.3) is 0 Å². The standard InChI is InChI=1S/C16H26O3/c1-2-16(12-17,13-18)14-19-11-7-6-10-15-8-4-3-5-9-15/h3-5,8-9,17-18H,2,6-7,10-14H2,1H3. The zero-order chi connectivity index (χ0) is 14.0. The third-order valence-electron chi connectivity index (χ3n) is 3.68. The van der Waals surface area contributed by atoms with Crippen LogP contribution in [0, 0.1) is 5.41 Å². The fourth-order valence-electron chi connectivity index (χ4n) is 1.93. The maximum absolute atomic E-state index is 9.29. The number of hydrogen-bond donors (Lipinski definition) is 2. The van der Waals surface area contributed by atoms with Crippen LogP contribution in [-0.2, 0) is 11.2 Å². The Hall–Kier alpha value is -0.900. The summed E-state index contributed by atoms with van der Waals surface area (Å²) in [5.74, 6) is 0. The Bertz CT molecular complexity index is 312. The Labute approximate surface area is 116 Å². The lowest BCUT2D eigenvalue weighted by atomic mass is 9.88. The molecule has 19 heavy (non-hydrogen) atoms. The van der Waals surface area contributed by atoms with Crippen LogP contribution in [0.25, 0.3) is 0 Å². The van der Waals surface area contributed by atoms with Crippen LogP contribution >= 0.6 is 0 Å². The van der Waals surface area contributed by atoms with E-state index in [4.69, 9.17) is 4.74 Å². The number of rotatable bonds is 10. The van der Waals surface area contributed by atoms with E-state index >= 15 is 0 Å². The summed E-state index contributed by atoms with van der Waals surface area (Å²) in [5.41, 5.74) is 0.885. The first-order chi connectivity index (χ1) is 9.26. The Morgan fingerprint density at radius 3 is 2.32 bits per heavy atom. The van der Waals surface area contributed by atoms with Gasteiger partial charge in [0.1, 0.15) is 0 Å². The lowest BCUT2D eigenvalue weighted by Crippen LogP contribution is -2.34. The molecule has 108 valence electrons. The number of unbranched alkanes of at least 4 members (excludes halogenated alkanes) is 1. The molecule has 0 unspecified atom stereocenters. The maximum atomic E-state index is 9.29. The van der Waals surface area contributed by atoms with E-state index < -0.39 is 5.41 Å². The first-order valence-corrected chi connectivity index (χ1v) is 7.10. The third kappa shape index (κ3) is 5.72.